The summed E-state index contributed by atoms with van der Waals surface area (Å²) in [7, 11) is 3.86. The number of H-pyrrole nitrogens is 1. The van der Waals surface area contributed by atoms with Crippen molar-refractivity contribution >= 4 is 22.4 Å². The fraction of sp³-hybridized carbons (Fsp3) is 0.500. The molecule has 1 amide bonds. The lowest BCUT2D eigenvalue weighted by Crippen LogP contribution is -2.47. The fourth-order valence-electron chi connectivity index (χ4n) is 4.90. The molecule has 1 aromatic heterocycles. The van der Waals surface area contributed by atoms with Crippen molar-refractivity contribution in [3.63, 3.8) is 0 Å². The normalized spacial score (nSPS) is 25.4. The lowest BCUT2D eigenvalue weighted by Gasteiger charge is -2.40. The van der Waals surface area contributed by atoms with Gasteiger partial charge in [0.25, 0.3) is 5.91 Å². The van der Waals surface area contributed by atoms with Crippen LogP contribution < -0.4 is 0 Å². The molecule has 2 aromatic rings. The summed E-state index contributed by atoms with van der Waals surface area (Å²) in [6.45, 7) is 2.12. The molecule has 0 radical (unpaired) electrons. The zero-order valence-corrected chi connectivity index (χ0v) is 16.5. The Labute approximate surface area is 165 Å². The van der Waals surface area contributed by atoms with E-state index in [4.69, 9.17) is 9.57 Å². The van der Waals surface area contributed by atoms with Gasteiger partial charge in [-0.3, -0.25) is 14.5 Å². The minimum Gasteiger partial charge on any atom is -0.381 e. The number of fused-ring (bicyclic) bond motifs is 2. The Hall–Kier alpha value is -2.15. The Morgan fingerprint density at radius 1 is 1.32 bits per heavy atom. The number of benzene rings is 1. The summed E-state index contributed by atoms with van der Waals surface area (Å²) < 4.78 is 5.38. The van der Waals surface area contributed by atoms with Crippen molar-refractivity contribution in [2.75, 3.05) is 33.9 Å². The molecule has 1 aromatic carbocycles. The van der Waals surface area contributed by atoms with E-state index in [1.54, 1.807) is 7.05 Å². The van der Waals surface area contributed by atoms with Gasteiger partial charge >= 0.3 is 0 Å². The highest BCUT2D eigenvalue weighted by molar-refractivity contribution is 5.99. The van der Waals surface area contributed by atoms with E-state index in [-0.39, 0.29) is 17.9 Å². The van der Waals surface area contributed by atoms with Crippen LogP contribution in [0.15, 0.2) is 30.5 Å². The van der Waals surface area contributed by atoms with Gasteiger partial charge in [0, 0.05) is 49.9 Å². The Morgan fingerprint density at radius 3 is 2.96 bits per heavy atom. The maximum Gasteiger partial charge on any atom is 0.254 e. The quantitative estimate of drug-likeness (QED) is 0.831. The van der Waals surface area contributed by atoms with Crippen LogP contribution in [0.5, 0.6) is 0 Å². The molecule has 1 saturated heterocycles. The predicted molar refractivity (Wildman–Crippen MR) is 108 cm³/mol. The van der Waals surface area contributed by atoms with Crippen LogP contribution in [0.4, 0.5) is 0 Å². The number of ether oxygens (including phenoxy) is 1. The Balaban J connectivity index is 1.42. The molecule has 6 heteroatoms. The van der Waals surface area contributed by atoms with Crippen LogP contribution >= 0.6 is 0 Å². The first kappa shape index (κ1) is 17.9. The summed E-state index contributed by atoms with van der Waals surface area (Å²) in [5.74, 6) is -0.173. The number of amides is 1. The van der Waals surface area contributed by atoms with Gasteiger partial charge in [-0.25, -0.2) is 5.06 Å². The van der Waals surface area contributed by atoms with Crippen molar-refractivity contribution in [3.8, 4) is 0 Å². The number of aromatic nitrogens is 1. The zero-order chi connectivity index (χ0) is 19.3. The first-order valence-corrected chi connectivity index (χ1v) is 10.1. The molecule has 2 atom stereocenters. The summed E-state index contributed by atoms with van der Waals surface area (Å²) >= 11 is 0. The van der Waals surface area contributed by atoms with Crippen LogP contribution in [0.3, 0.4) is 0 Å². The van der Waals surface area contributed by atoms with Gasteiger partial charge in [-0.1, -0.05) is 18.2 Å². The summed E-state index contributed by atoms with van der Waals surface area (Å²) in [5.41, 5.74) is 5.05. The van der Waals surface area contributed by atoms with E-state index in [2.05, 4.69) is 47.4 Å². The van der Waals surface area contributed by atoms with Gasteiger partial charge in [0.15, 0.2) is 0 Å². The van der Waals surface area contributed by atoms with Gasteiger partial charge in [-0.05, 0) is 49.1 Å². The summed E-state index contributed by atoms with van der Waals surface area (Å²) in [6, 6.07) is 6.71. The second kappa shape index (κ2) is 7.03. The highest BCUT2D eigenvalue weighted by Crippen LogP contribution is 2.40. The molecule has 28 heavy (non-hydrogen) atoms. The monoisotopic (exact) mass is 381 g/mol. The Kier molecular flexibility index (Phi) is 4.50. The summed E-state index contributed by atoms with van der Waals surface area (Å²) in [5, 5.41) is 2.76. The van der Waals surface area contributed by atoms with E-state index in [0.29, 0.717) is 25.8 Å². The standard InChI is InChI=1S/C22H27N3O3/c1-24-13-15(22(26)25(2)28-16-6-8-27-9-7-16)10-18-17-4-3-5-19-21(17)14(12-23-19)11-20(18)24/h3-5,10,12,15-16,20,23H,6-9,11,13H2,1-2H3/t15-,20-/m1/s1. The van der Waals surface area contributed by atoms with E-state index < -0.39 is 0 Å². The number of carbonyl (C=O) groups is 1. The molecular formula is C22H27N3O3. The maximum absolute atomic E-state index is 13.1. The third kappa shape index (κ3) is 2.96. The molecule has 2 aliphatic heterocycles. The number of carbonyl (C=O) groups excluding carboxylic acids is 1. The minimum absolute atomic E-state index is 0.0244. The van der Waals surface area contributed by atoms with Gasteiger partial charge in [-0.15, -0.1) is 0 Å². The molecule has 0 saturated carbocycles. The van der Waals surface area contributed by atoms with E-state index in [1.807, 2.05) is 0 Å². The fourth-order valence-corrected chi connectivity index (χ4v) is 4.90. The molecule has 0 spiro atoms. The van der Waals surface area contributed by atoms with Crippen LogP contribution in [0, 0.1) is 5.92 Å². The molecule has 1 fully saturated rings. The number of aromatic amines is 1. The highest BCUT2D eigenvalue weighted by atomic mass is 16.7. The third-order valence-corrected chi connectivity index (χ3v) is 6.37. The number of nitrogens with zero attached hydrogens (tertiary/aromatic N) is 2. The number of hydroxylamine groups is 2. The van der Waals surface area contributed by atoms with E-state index in [0.717, 1.165) is 19.3 Å². The van der Waals surface area contributed by atoms with Gasteiger partial charge in [0.05, 0.1) is 12.0 Å². The van der Waals surface area contributed by atoms with Crippen molar-refractivity contribution in [1.29, 1.82) is 0 Å². The number of hydrogen-bond donors (Lipinski definition) is 1. The lowest BCUT2D eigenvalue weighted by atomic mass is 9.80. The van der Waals surface area contributed by atoms with Crippen LogP contribution in [0.2, 0.25) is 0 Å². The summed E-state index contributed by atoms with van der Waals surface area (Å²) in [4.78, 5) is 24.8. The van der Waals surface area contributed by atoms with Crippen molar-refractivity contribution in [1.82, 2.24) is 14.9 Å². The lowest BCUT2D eigenvalue weighted by molar-refractivity contribution is -0.210. The van der Waals surface area contributed by atoms with E-state index >= 15 is 0 Å². The molecule has 5 rings (SSSR count). The van der Waals surface area contributed by atoms with Crippen LogP contribution in [0.25, 0.3) is 16.5 Å². The second-order valence-corrected chi connectivity index (χ2v) is 8.18. The van der Waals surface area contributed by atoms with Gasteiger partial charge in [0.2, 0.25) is 0 Å². The Bertz CT molecular complexity index is 928. The molecule has 0 bridgehead atoms. The van der Waals surface area contributed by atoms with Gasteiger partial charge in [-0.2, -0.15) is 0 Å². The molecule has 148 valence electrons. The van der Waals surface area contributed by atoms with Gasteiger partial charge < -0.3 is 9.72 Å². The topological polar surface area (TPSA) is 57.8 Å². The second-order valence-electron chi connectivity index (χ2n) is 8.18. The average molecular weight is 381 g/mol. The van der Waals surface area contributed by atoms with Crippen molar-refractivity contribution in [2.45, 2.75) is 31.4 Å². The van der Waals surface area contributed by atoms with Gasteiger partial charge in [0.1, 0.15) is 0 Å². The van der Waals surface area contributed by atoms with E-state index in [9.17, 15) is 4.79 Å². The number of rotatable bonds is 3. The maximum atomic E-state index is 13.1. The smallest absolute Gasteiger partial charge is 0.254 e. The molecule has 0 unspecified atom stereocenters. The Morgan fingerprint density at radius 2 is 2.14 bits per heavy atom. The van der Waals surface area contributed by atoms with Crippen LogP contribution in [0.1, 0.15) is 24.0 Å². The third-order valence-electron chi connectivity index (χ3n) is 6.37. The first-order chi connectivity index (χ1) is 13.6. The van der Waals surface area contributed by atoms with Crippen molar-refractivity contribution in [2.24, 2.45) is 5.92 Å². The number of hydrogen-bond acceptors (Lipinski definition) is 4. The molecule has 3 heterocycles. The predicted octanol–water partition coefficient (Wildman–Crippen LogP) is 2.61. The number of nitrogens with one attached hydrogen (secondary N) is 1. The molecule has 6 nitrogen and oxygen atoms in total. The van der Waals surface area contributed by atoms with Crippen molar-refractivity contribution in [3.05, 3.63) is 41.6 Å². The SMILES string of the molecule is CN(OC1CCOCC1)C(=O)[C@@H]1C=C2c3cccc4[nH]cc(c34)C[C@H]2N(C)C1. The largest absolute Gasteiger partial charge is 0.381 e. The van der Waals surface area contributed by atoms with Crippen LogP contribution in [-0.4, -0.2) is 66.9 Å². The van der Waals surface area contributed by atoms with Crippen LogP contribution in [-0.2, 0) is 20.8 Å². The zero-order valence-electron chi connectivity index (χ0n) is 16.5. The molecule has 1 aliphatic carbocycles. The molecule has 3 aliphatic rings. The molecule has 1 N–H and O–H groups in total. The highest BCUT2D eigenvalue weighted by Gasteiger charge is 2.37. The van der Waals surface area contributed by atoms with E-state index in [1.165, 1.54) is 32.7 Å². The average Bonchev–Trinajstić information content (AvgIpc) is 3.13. The first-order valence-electron chi connectivity index (χ1n) is 10.1. The minimum atomic E-state index is -0.197. The summed E-state index contributed by atoms with van der Waals surface area (Å²) in [6.07, 6.45) is 7.03. The number of likely N-dealkylation sites (N-methyl/N-ethyl adjacent to an activating group) is 1. The van der Waals surface area contributed by atoms with Crippen molar-refractivity contribution < 1.29 is 14.4 Å². The molecular weight excluding hydrogens is 354 g/mol.